The summed E-state index contributed by atoms with van der Waals surface area (Å²) in [5.74, 6) is -2.75. The number of rotatable bonds is 9. The second-order valence-corrected chi connectivity index (χ2v) is 19.7. The Balaban J connectivity index is 1.16. The summed E-state index contributed by atoms with van der Waals surface area (Å²) in [7, 11) is 3.27. The van der Waals surface area contributed by atoms with E-state index in [0.717, 1.165) is 12.0 Å². The van der Waals surface area contributed by atoms with Crippen molar-refractivity contribution in [2.24, 2.45) is 23.7 Å². The van der Waals surface area contributed by atoms with E-state index in [0.29, 0.717) is 36.8 Å². The molecule has 7 aliphatic rings. The third-order valence-corrected chi connectivity index (χ3v) is 14.9. The van der Waals surface area contributed by atoms with Gasteiger partial charge in [0.25, 0.3) is 0 Å². The summed E-state index contributed by atoms with van der Waals surface area (Å²) in [5, 5.41) is 26.7. The van der Waals surface area contributed by atoms with E-state index in [1.807, 2.05) is 39.0 Å². The number of carbonyl (C=O) groups is 2. The molecule has 7 rings (SSSR count). The minimum absolute atomic E-state index is 0.0270. The van der Waals surface area contributed by atoms with Gasteiger partial charge in [0.1, 0.15) is 35.9 Å². The molecule has 1 aliphatic carbocycles. The van der Waals surface area contributed by atoms with Crippen molar-refractivity contribution in [3.63, 3.8) is 0 Å². The maximum Gasteiger partial charge on any atom is 0.316 e. The van der Waals surface area contributed by atoms with Gasteiger partial charge in [0.2, 0.25) is 5.91 Å². The standard InChI is InChI=1S/C50H75NO14/c1-12-26(2)45-29(5)18-19-49(65-45)24-36-21-35(64-49)17-16-28(4)44(27(3)14-13-15-34-25-58-47-43(53)30(6)20-37(48(54)61-36)50(34,47)55)62-41-23-39(57-11)46(32(8)60-41)63-40-22-38(56-10)42(31(7)59-40)51-33(9)52/h13-16,18-20,26-27,29,31-32,35-47,53,55H,12,17,21-25H2,1-11H3,(H,51,52)/b14-13+,28-16?,34-15+/t26-,27-,29-,31-,32-,35+,36-,37-,38-,39-,40-,41-,42+,43+,44-,45?,46-,47+,49+,50+/m0/s1. The van der Waals surface area contributed by atoms with E-state index in [2.05, 4.69) is 45.2 Å². The van der Waals surface area contributed by atoms with Crippen molar-refractivity contribution < 1.29 is 67.2 Å². The molecule has 1 spiro atoms. The highest BCUT2D eigenvalue weighted by Crippen LogP contribution is 2.47. The number of allylic oxidation sites excluding steroid dienone is 2. The van der Waals surface area contributed by atoms with Gasteiger partial charge >= 0.3 is 5.97 Å². The average molecular weight is 914 g/mol. The first-order chi connectivity index (χ1) is 30.9. The van der Waals surface area contributed by atoms with Crippen LogP contribution in [0.1, 0.15) is 101 Å². The van der Waals surface area contributed by atoms with Crippen LogP contribution in [0.15, 0.2) is 59.3 Å². The molecule has 0 radical (unpaired) electrons. The SMILES string of the molecule is CC[C@H](C)C1O[C@]2(C=C[C@@H]1C)C[C@@H]1C[C@@H](CC=C(C)[C@@H](O[C@H]3C[C@H](OC)[C@@H](O[C@H]4C[C@H](OC)[C@H](NC(C)=O)[C@H](C)O4)[C@H](C)O3)[C@@H](C)/C=C/C=C3\CO[C@@H]4[C@H](O)C(C)=C[C@@H](C(=O)O1)[C@]34O)O2. The molecule has 6 aliphatic heterocycles. The highest BCUT2D eigenvalue weighted by Gasteiger charge is 2.60. The van der Waals surface area contributed by atoms with Gasteiger partial charge < -0.3 is 62.9 Å². The number of methoxy groups -OCH3 is 2. The highest BCUT2D eigenvalue weighted by atomic mass is 16.7. The van der Waals surface area contributed by atoms with Crippen molar-refractivity contribution in [1.82, 2.24) is 5.32 Å². The summed E-state index contributed by atoms with van der Waals surface area (Å²) in [5.41, 5.74) is 0.116. The fourth-order valence-corrected chi connectivity index (χ4v) is 11.0. The molecular formula is C50H75NO14. The lowest BCUT2D eigenvalue weighted by Gasteiger charge is -2.48. The van der Waals surface area contributed by atoms with Crippen LogP contribution in [0.5, 0.6) is 0 Å². The maximum atomic E-state index is 14.4. The van der Waals surface area contributed by atoms with E-state index >= 15 is 0 Å². The molecule has 15 nitrogen and oxygen atoms in total. The number of nitrogens with one attached hydrogen (secondary N) is 1. The molecule has 0 aromatic heterocycles. The molecule has 4 fully saturated rings. The van der Waals surface area contributed by atoms with Crippen molar-refractivity contribution in [2.45, 2.75) is 198 Å². The van der Waals surface area contributed by atoms with Crippen LogP contribution < -0.4 is 5.32 Å². The Morgan fingerprint density at radius 1 is 0.938 bits per heavy atom. The summed E-state index contributed by atoms with van der Waals surface area (Å²) in [4.78, 5) is 26.3. The molecule has 2 bridgehead atoms. The van der Waals surface area contributed by atoms with Gasteiger partial charge in [-0.1, -0.05) is 70.6 Å². The molecule has 0 aromatic carbocycles. The first-order valence-corrected chi connectivity index (χ1v) is 23.8. The first-order valence-electron chi connectivity index (χ1n) is 23.8. The number of ether oxygens (including phenoxy) is 10. The van der Waals surface area contributed by atoms with Gasteiger partial charge in [-0.05, 0) is 62.8 Å². The lowest BCUT2D eigenvalue weighted by atomic mass is 9.71. The summed E-state index contributed by atoms with van der Waals surface area (Å²) in [6.45, 7) is 17.7. The van der Waals surface area contributed by atoms with Crippen molar-refractivity contribution in [3.8, 4) is 0 Å². The van der Waals surface area contributed by atoms with Crippen LogP contribution in [-0.4, -0.2) is 140 Å². The molecule has 364 valence electrons. The highest BCUT2D eigenvalue weighted by molar-refractivity contribution is 5.78. The number of aliphatic hydroxyl groups excluding tert-OH is 1. The predicted molar refractivity (Wildman–Crippen MR) is 239 cm³/mol. The Kier molecular flexibility index (Phi) is 16.0. The van der Waals surface area contributed by atoms with Gasteiger partial charge in [-0.25, -0.2) is 0 Å². The predicted octanol–water partition coefficient (Wildman–Crippen LogP) is 5.52. The van der Waals surface area contributed by atoms with Crippen LogP contribution in [0.25, 0.3) is 0 Å². The summed E-state index contributed by atoms with van der Waals surface area (Å²) < 4.78 is 64.4. The number of carbonyl (C=O) groups excluding carboxylic acids is 2. The zero-order chi connectivity index (χ0) is 47.0. The molecule has 3 N–H and O–H groups in total. The van der Waals surface area contributed by atoms with Crippen molar-refractivity contribution in [3.05, 3.63) is 59.3 Å². The molecule has 1 unspecified atom stereocenters. The average Bonchev–Trinajstić information content (AvgIpc) is 3.61. The lowest BCUT2D eigenvalue weighted by molar-refractivity contribution is -0.311. The fraction of sp³-hybridized carbons (Fsp3) is 0.760. The molecular weight excluding hydrogens is 839 g/mol. The number of hydrogen-bond acceptors (Lipinski definition) is 14. The maximum absolute atomic E-state index is 14.4. The van der Waals surface area contributed by atoms with Gasteiger partial charge in [-0.15, -0.1) is 0 Å². The van der Waals surface area contributed by atoms with Gasteiger partial charge in [-0.2, -0.15) is 0 Å². The molecule has 1 amide bonds. The number of aliphatic hydroxyl groups is 2. The Bertz CT molecular complexity index is 1850. The van der Waals surface area contributed by atoms with Gasteiger partial charge in [0, 0.05) is 58.7 Å². The lowest BCUT2D eigenvalue weighted by Crippen LogP contribution is -2.58. The van der Waals surface area contributed by atoms with Crippen LogP contribution in [0.4, 0.5) is 0 Å². The third kappa shape index (κ3) is 10.6. The van der Waals surface area contributed by atoms with E-state index in [4.69, 9.17) is 47.4 Å². The second kappa shape index (κ2) is 20.8. The number of amides is 1. The van der Waals surface area contributed by atoms with Crippen molar-refractivity contribution in [2.75, 3.05) is 20.8 Å². The first kappa shape index (κ1) is 50.1. The zero-order valence-electron chi connectivity index (χ0n) is 40.2. The quantitative estimate of drug-likeness (QED) is 0.195. The number of hydrogen-bond donors (Lipinski definition) is 3. The van der Waals surface area contributed by atoms with E-state index < -0.39 is 84.7 Å². The number of fused-ring (bicyclic) bond motifs is 2. The molecule has 0 saturated carbocycles. The van der Waals surface area contributed by atoms with Crippen LogP contribution in [0.2, 0.25) is 0 Å². The third-order valence-electron chi connectivity index (χ3n) is 14.9. The van der Waals surface area contributed by atoms with E-state index in [-0.39, 0.29) is 61.0 Å². The van der Waals surface area contributed by atoms with E-state index in [1.165, 1.54) is 6.92 Å². The Hall–Kier alpha value is -2.80. The fourth-order valence-electron chi connectivity index (χ4n) is 11.0. The van der Waals surface area contributed by atoms with E-state index in [1.54, 1.807) is 33.3 Å². The molecule has 20 atom stereocenters. The Morgan fingerprint density at radius 3 is 2.35 bits per heavy atom. The Labute approximate surface area is 385 Å². The topological polar surface area (TPSA) is 179 Å². The largest absolute Gasteiger partial charge is 0.462 e. The molecule has 6 heterocycles. The molecule has 4 saturated heterocycles. The van der Waals surface area contributed by atoms with Gasteiger partial charge in [0.15, 0.2) is 18.4 Å². The Morgan fingerprint density at radius 2 is 1.65 bits per heavy atom. The molecule has 0 aromatic rings. The smallest absolute Gasteiger partial charge is 0.316 e. The monoisotopic (exact) mass is 914 g/mol. The van der Waals surface area contributed by atoms with E-state index in [9.17, 15) is 19.8 Å². The summed E-state index contributed by atoms with van der Waals surface area (Å²) in [6, 6.07) is -0.315. The summed E-state index contributed by atoms with van der Waals surface area (Å²) >= 11 is 0. The molecule has 15 heteroatoms. The second-order valence-electron chi connectivity index (χ2n) is 19.7. The minimum atomic E-state index is -1.84. The van der Waals surface area contributed by atoms with Gasteiger partial charge in [0.05, 0.1) is 55.4 Å². The van der Waals surface area contributed by atoms with Crippen molar-refractivity contribution >= 4 is 11.9 Å². The van der Waals surface area contributed by atoms with Crippen LogP contribution in [0, 0.1) is 23.7 Å². The van der Waals surface area contributed by atoms with Gasteiger partial charge in [-0.3, -0.25) is 9.59 Å². The van der Waals surface area contributed by atoms with Crippen molar-refractivity contribution in [1.29, 1.82) is 0 Å². The summed E-state index contributed by atoms with van der Waals surface area (Å²) in [6.07, 6.45) is 9.46. The van der Waals surface area contributed by atoms with Crippen LogP contribution in [-0.2, 0) is 57.0 Å². The molecule has 65 heavy (non-hydrogen) atoms. The zero-order valence-corrected chi connectivity index (χ0v) is 40.2. The van der Waals surface area contributed by atoms with Crippen LogP contribution in [0.3, 0.4) is 0 Å². The minimum Gasteiger partial charge on any atom is -0.462 e. The number of esters is 1. The normalized spacial score (nSPS) is 46.5. The van der Waals surface area contributed by atoms with Crippen LogP contribution >= 0.6 is 0 Å².